The van der Waals surface area contributed by atoms with Gasteiger partial charge in [-0.05, 0) is 0 Å². The highest BCUT2D eigenvalue weighted by atomic mass is 16.6. The molecule has 7 nitrogen and oxygen atoms in total. The SMILES string of the molecule is NC(N)(N)C=C(O)OCC(O)CO. The second-order valence-electron chi connectivity index (χ2n) is 2.63. The molecule has 0 spiro atoms. The minimum atomic E-state index is -1.67. The Balaban J connectivity index is 3.87. The fourth-order valence-corrected chi connectivity index (χ4v) is 0.490. The number of rotatable bonds is 5. The van der Waals surface area contributed by atoms with E-state index in [1.165, 1.54) is 0 Å². The molecular weight excluding hydrogens is 178 g/mol. The molecule has 0 amide bonds. The first-order chi connectivity index (χ1) is 5.85. The van der Waals surface area contributed by atoms with Crippen LogP contribution in [0.4, 0.5) is 0 Å². The van der Waals surface area contributed by atoms with E-state index in [0.717, 1.165) is 6.08 Å². The van der Waals surface area contributed by atoms with Gasteiger partial charge in [-0.1, -0.05) is 0 Å². The van der Waals surface area contributed by atoms with Crippen molar-refractivity contribution in [1.29, 1.82) is 0 Å². The second-order valence-corrected chi connectivity index (χ2v) is 2.63. The summed E-state index contributed by atoms with van der Waals surface area (Å²) in [7, 11) is 0. The zero-order valence-corrected chi connectivity index (χ0v) is 7.05. The minimum Gasteiger partial charge on any atom is -0.481 e. The summed E-state index contributed by atoms with van der Waals surface area (Å²) in [5.74, 6) is -2.27. The molecule has 1 unspecified atom stereocenters. The average molecular weight is 193 g/mol. The van der Waals surface area contributed by atoms with Crippen LogP contribution in [0.25, 0.3) is 0 Å². The summed E-state index contributed by atoms with van der Waals surface area (Å²) < 4.78 is 4.54. The lowest BCUT2D eigenvalue weighted by molar-refractivity contribution is -0.00235. The van der Waals surface area contributed by atoms with E-state index in [0.29, 0.717) is 0 Å². The van der Waals surface area contributed by atoms with Crippen molar-refractivity contribution in [2.45, 2.75) is 11.9 Å². The predicted octanol–water partition coefficient (Wildman–Crippen LogP) is -2.71. The van der Waals surface area contributed by atoms with Crippen molar-refractivity contribution in [1.82, 2.24) is 0 Å². The summed E-state index contributed by atoms with van der Waals surface area (Å²) in [6.07, 6.45) is -0.199. The van der Waals surface area contributed by atoms with Gasteiger partial charge in [-0.25, -0.2) is 0 Å². The molecule has 0 aromatic heterocycles. The smallest absolute Gasteiger partial charge is 0.277 e. The molecule has 13 heavy (non-hydrogen) atoms. The Morgan fingerprint density at radius 1 is 1.46 bits per heavy atom. The fourth-order valence-electron chi connectivity index (χ4n) is 0.490. The van der Waals surface area contributed by atoms with Gasteiger partial charge >= 0.3 is 0 Å². The minimum absolute atomic E-state index is 0.269. The Hall–Kier alpha value is -0.860. The van der Waals surface area contributed by atoms with Gasteiger partial charge in [0.1, 0.15) is 18.5 Å². The largest absolute Gasteiger partial charge is 0.481 e. The number of aliphatic hydroxyl groups is 3. The van der Waals surface area contributed by atoms with Gasteiger partial charge in [0, 0.05) is 6.08 Å². The summed E-state index contributed by atoms with van der Waals surface area (Å²) >= 11 is 0. The van der Waals surface area contributed by atoms with Gasteiger partial charge in [0.2, 0.25) is 0 Å². The Labute approximate surface area is 75.4 Å². The van der Waals surface area contributed by atoms with Gasteiger partial charge in [-0.3, -0.25) is 17.2 Å². The van der Waals surface area contributed by atoms with Crippen molar-refractivity contribution in [3.05, 3.63) is 12.0 Å². The Morgan fingerprint density at radius 2 is 2.00 bits per heavy atom. The summed E-state index contributed by atoms with van der Waals surface area (Å²) in [4.78, 5) is 0. The van der Waals surface area contributed by atoms with Crippen LogP contribution in [-0.4, -0.2) is 40.4 Å². The van der Waals surface area contributed by atoms with E-state index in [2.05, 4.69) is 4.74 Å². The summed E-state index contributed by atoms with van der Waals surface area (Å²) in [6.45, 7) is -0.735. The van der Waals surface area contributed by atoms with Gasteiger partial charge in [0.15, 0.2) is 0 Å². The molecule has 0 aliphatic rings. The second kappa shape index (κ2) is 5.00. The van der Waals surface area contributed by atoms with Crippen LogP contribution < -0.4 is 17.2 Å². The first kappa shape index (κ1) is 12.1. The fraction of sp³-hybridized carbons (Fsp3) is 0.667. The quantitative estimate of drug-likeness (QED) is 0.205. The number of hydrogen-bond acceptors (Lipinski definition) is 7. The van der Waals surface area contributed by atoms with E-state index in [1.807, 2.05) is 0 Å². The van der Waals surface area contributed by atoms with Crippen LogP contribution in [0.3, 0.4) is 0 Å². The molecule has 0 fully saturated rings. The number of aliphatic hydroxyl groups excluding tert-OH is 3. The lowest BCUT2D eigenvalue weighted by atomic mass is 10.4. The number of hydrogen-bond donors (Lipinski definition) is 6. The molecule has 0 saturated carbocycles. The van der Waals surface area contributed by atoms with Crippen molar-refractivity contribution < 1.29 is 20.1 Å². The van der Waals surface area contributed by atoms with Gasteiger partial charge in [-0.2, -0.15) is 0 Å². The maximum absolute atomic E-state index is 8.94. The predicted molar refractivity (Wildman–Crippen MR) is 45.0 cm³/mol. The van der Waals surface area contributed by atoms with Crippen molar-refractivity contribution in [2.24, 2.45) is 17.2 Å². The Kier molecular flexibility index (Phi) is 4.67. The zero-order valence-electron chi connectivity index (χ0n) is 7.05. The molecule has 0 saturated heterocycles. The maximum Gasteiger partial charge on any atom is 0.277 e. The first-order valence-electron chi connectivity index (χ1n) is 3.55. The van der Waals surface area contributed by atoms with E-state index in [9.17, 15) is 0 Å². The van der Waals surface area contributed by atoms with Crippen molar-refractivity contribution in [3.8, 4) is 0 Å². The number of nitrogens with two attached hydrogens (primary N) is 3. The molecule has 78 valence electrons. The molecule has 0 aliphatic heterocycles. The summed E-state index contributed by atoms with van der Waals surface area (Å²) in [5.41, 5.74) is 15.3. The Bertz CT molecular complexity index is 177. The monoisotopic (exact) mass is 193 g/mol. The molecular formula is C6H15N3O4. The molecule has 0 heterocycles. The summed E-state index contributed by atoms with van der Waals surface area (Å²) in [5, 5.41) is 26.1. The Morgan fingerprint density at radius 3 is 2.38 bits per heavy atom. The molecule has 7 heteroatoms. The van der Waals surface area contributed by atoms with E-state index >= 15 is 0 Å². The van der Waals surface area contributed by atoms with Crippen LogP contribution in [0, 0.1) is 0 Å². The van der Waals surface area contributed by atoms with Gasteiger partial charge in [0.05, 0.1) is 6.61 Å². The molecule has 0 rings (SSSR count). The third-order valence-corrected chi connectivity index (χ3v) is 1.01. The lowest BCUT2D eigenvalue weighted by Gasteiger charge is -2.14. The van der Waals surface area contributed by atoms with E-state index in [-0.39, 0.29) is 6.61 Å². The normalized spacial score (nSPS) is 15.6. The van der Waals surface area contributed by atoms with Crippen molar-refractivity contribution in [3.63, 3.8) is 0 Å². The van der Waals surface area contributed by atoms with Crippen LogP contribution in [0.1, 0.15) is 0 Å². The lowest BCUT2D eigenvalue weighted by Crippen LogP contribution is -2.56. The van der Waals surface area contributed by atoms with Crippen LogP contribution in [0.15, 0.2) is 12.0 Å². The highest BCUT2D eigenvalue weighted by Gasteiger charge is 2.11. The average Bonchev–Trinajstić information content (AvgIpc) is 1.97. The van der Waals surface area contributed by atoms with Gasteiger partial charge < -0.3 is 20.1 Å². The molecule has 0 bridgehead atoms. The van der Waals surface area contributed by atoms with Crippen molar-refractivity contribution in [2.75, 3.05) is 13.2 Å². The standard InChI is InChI=1S/C6H15N3O4/c7-6(8,9)1-5(12)13-3-4(11)2-10/h1,4,10-12H,2-3,7-9H2. The molecule has 0 aromatic carbocycles. The molecule has 1 atom stereocenters. The van der Waals surface area contributed by atoms with Crippen LogP contribution in [-0.2, 0) is 4.74 Å². The van der Waals surface area contributed by atoms with E-state index in [1.54, 1.807) is 0 Å². The van der Waals surface area contributed by atoms with E-state index < -0.39 is 24.4 Å². The van der Waals surface area contributed by atoms with Gasteiger partial charge in [0.25, 0.3) is 5.95 Å². The summed E-state index contributed by atoms with van der Waals surface area (Å²) in [6, 6.07) is 0. The van der Waals surface area contributed by atoms with Gasteiger partial charge in [-0.15, -0.1) is 0 Å². The first-order valence-corrected chi connectivity index (χ1v) is 3.55. The third kappa shape index (κ3) is 7.50. The zero-order chi connectivity index (χ0) is 10.5. The van der Waals surface area contributed by atoms with Crippen LogP contribution in [0.5, 0.6) is 0 Å². The maximum atomic E-state index is 8.94. The topological polar surface area (TPSA) is 148 Å². The molecule has 9 N–H and O–H groups in total. The molecule has 0 radical (unpaired) electrons. The molecule has 0 aliphatic carbocycles. The highest BCUT2D eigenvalue weighted by molar-refractivity contribution is 4.97. The van der Waals surface area contributed by atoms with Crippen LogP contribution >= 0.6 is 0 Å². The molecule has 0 aromatic rings. The third-order valence-electron chi connectivity index (χ3n) is 1.01. The van der Waals surface area contributed by atoms with Crippen LogP contribution in [0.2, 0.25) is 0 Å². The van der Waals surface area contributed by atoms with Crippen molar-refractivity contribution >= 4 is 0 Å². The highest BCUT2D eigenvalue weighted by Crippen LogP contribution is 1.96. The number of ether oxygens (including phenoxy) is 1. The van der Waals surface area contributed by atoms with E-state index in [4.69, 9.17) is 32.5 Å².